The Morgan fingerprint density at radius 2 is 0.867 bits per heavy atom. The van der Waals surface area contributed by atoms with Gasteiger partial charge in [-0.1, -0.05) is 189 Å². The largest absolute Gasteiger partial charge is 0.457 e. The minimum Gasteiger partial charge on any atom is -0.457 e. The summed E-state index contributed by atoms with van der Waals surface area (Å²) in [4.78, 5) is 13.1. The predicted molar refractivity (Wildman–Crippen MR) is 298 cm³/mol. The van der Waals surface area contributed by atoms with Gasteiger partial charge in [0.05, 0.1) is 26.4 Å². The van der Waals surface area contributed by atoms with Crippen LogP contribution in [0.25, 0.3) is 0 Å². The predicted octanol–water partition coefficient (Wildman–Crippen LogP) is 10.6. The van der Waals surface area contributed by atoms with Gasteiger partial charge in [-0.25, -0.2) is 0 Å². The Kier molecular flexibility index (Phi) is 43.3. The van der Waals surface area contributed by atoms with E-state index in [1.165, 1.54) is 103 Å². The average Bonchev–Trinajstić information content (AvgIpc) is 3.41. The van der Waals surface area contributed by atoms with Crippen molar-refractivity contribution in [1.82, 2.24) is 0 Å². The van der Waals surface area contributed by atoms with E-state index in [1.54, 1.807) is 0 Å². The molecule has 0 saturated carbocycles. The highest BCUT2D eigenvalue weighted by molar-refractivity contribution is 5.69. The van der Waals surface area contributed by atoms with Gasteiger partial charge in [0.1, 0.15) is 54.9 Å². The molecule has 75 heavy (non-hydrogen) atoms. The summed E-state index contributed by atoms with van der Waals surface area (Å²) >= 11 is 0. The van der Waals surface area contributed by atoms with Crippen molar-refractivity contribution < 1.29 is 69.0 Å². The lowest BCUT2D eigenvalue weighted by molar-refractivity contribution is -0.332. The van der Waals surface area contributed by atoms with Gasteiger partial charge >= 0.3 is 5.97 Å². The number of ether oxygens (including phenoxy) is 6. The summed E-state index contributed by atoms with van der Waals surface area (Å²) in [7, 11) is 0. The summed E-state index contributed by atoms with van der Waals surface area (Å²) in [5, 5.41) is 72.3. The molecule has 2 fully saturated rings. The molecule has 7 N–H and O–H groups in total. The Labute approximate surface area is 453 Å². The van der Waals surface area contributed by atoms with E-state index >= 15 is 0 Å². The molecule has 0 spiro atoms. The van der Waals surface area contributed by atoms with Gasteiger partial charge in [0.25, 0.3) is 0 Å². The number of allylic oxidation sites excluding steroid dienone is 12. The minimum absolute atomic E-state index is 0.0372. The molecule has 2 aliphatic rings. The van der Waals surface area contributed by atoms with Crippen molar-refractivity contribution in [2.24, 2.45) is 0 Å². The molecule has 434 valence electrons. The molecular formula is C61H106O14. The maximum Gasteiger partial charge on any atom is 0.306 e. The van der Waals surface area contributed by atoms with Crippen molar-refractivity contribution >= 4 is 5.97 Å². The molecule has 0 aromatic heterocycles. The molecule has 0 aromatic rings. The van der Waals surface area contributed by atoms with E-state index < -0.39 is 80.7 Å². The highest BCUT2D eigenvalue weighted by atomic mass is 16.7. The number of aliphatic hydroxyl groups excluding tert-OH is 7. The molecule has 2 saturated heterocycles. The Bertz CT molecular complexity index is 1510. The van der Waals surface area contributed by atoms with Crippen molar-refractivity contribution in [3.63, 3.8) is 0 Å². The number of esters is 1. The zero-order chi connectivity index (χ0) is 54.4. The molecule has 0 aromatic carbocycles. The molecule has 2 aliphatic heterocycles. The summed E-state index contributed by atoms with van der Waals surface area (Å²) in [6.07, 6.45) is 44.0. The highest BCUT2D eigenvalue weighted by Crippen LogP contribution is 2.26. The number of carbonyl (C=O) groups excluding carboxylic acids is 1. The third-order valence-electron chi connectivity index (χ3n) is 13.7. The number of rotatable bonds is 47. The molecule has 2 heterocycles. The van der Waals surface area contributed by atoms with Crippen LogP contribution in [0.15, 0.2) is 72.9 Å². The van der Waals surface area contributed by atoms with Gasteiger partial charge in [-0.2, -0.15) is 0 Å². The van der Waals surface area contributed by atoms with Gasteiger partial charge in [-0.05, 0) is 83.5 Å². The van der Waals surface area contributed by atoms with Crippen LogP contribution in [-0.4, -0.2) is 142 Å². The first kappa shape index (κ1) is 68.5. The number of carbonyl (C=O) groups is 1. The summed E-state index contributed by atoms with van der Waals surface area (Å²) < 4.78 is 34.3. The maximum absolute atomic E-state index is 13.1. The van der Waals surface area contributed by atoms with Crippen LogP contribution >= 0.6 is 0 Å². The molecule has 0 aliphatic carbocycles. The normalized spacial score (nSPS) is 25.1. The van der Waals surface area contributed by atoms with Gasteiger partial charge in [-0.3, -0.25) is 4.79 Å². The van der Waals surface area contributed by atoms with Crippen LogP contribution in [0.1, 0.15) is 206 Å². The van der Waals surface area contributed by atoms with Crippen LogP contribution in [0.4, 0.5) is 0 Å². The van der Waals surface area contributed by atoms with Crippen molar-refractivity contribution in [2.75, 3.05) is 33.0 Å². The van der Waals surface area contributed by atoms with Crippen molar-refractivity contribution in [1.29, 1.82) is 0 Å². The smallest absolute Gasteiger partial charge is 0.306 e. The van der Waals surface area contributed by atoms with Gasteiger partial charge in [0.15, 0.2) is 12.6 Å². The fraction of sp³-hybridized carbons (Fsp3) is 0.787. The monoisotopic (exact) mass is 1060 g/mol. The van der Waals surface area contributed by atoms with Gasteiger partial charge in [0.2, 0.25) is 0 Å². The first-order valence-corrected chi connectivity index (χ1v) is 29.5. The lowest BCUT2D eigenvalue weighted by Gasteiger charge is -2.42. The van der Waals surface area contributed by atoms with Crippen LogP contribution < -0.4 is 0 Å². The lowest BCUT2D eigenvalue weighted by Crippen LogP contribution is -2.61. The van der Waals surface area contributed by atoms with Crippen LogP contribution in [0.5, 0.6) is 0 Å². The SMILES string of the molecule is CC/C=C\C/C=C\C/C=C\C/C=C\CCCCCOCC(COC1OC(COC2OC(CO)C(O)C(O)C2O)C(O)C(O)C1O)OC(=O)CCCCCCCCCCCCCCC/C=C\C/C=C\CCCCCCC. The molecule has 11 atom stereocenters. The van der Waals surface area contributed by atoms with Crippen molar-refractivity contribution in [3.8, 4) is 0 Å². The molecule has 11 unspecified atom stereocenters. The first-order chi connectivity index (χ1) is 36.6. The topological polar surface area (TPSA) is 214 Å². The molecule has 14 nitrogen and oxygen atoms in total. The lowest BCUT2D eigenvalue weighted by atomic mass is 9.98. The summed E-state index contributed by atoms with van der Waals surface area (Å²) in [6, 6.07) is 0. The van der Waals surface area contributed by atoms with Crippen LogP contribution in [0, 0.1) is 0 Å². The molecule has 0 bridgehead atoms. The van der Waals surface area contributed by atoms with E-state index in [2.05, 4.69) is 86.8 Å². The van der Waals surface area contributed by atoms with Gasteiger partial charge in [0, 0.05) is 13.0 Å². The minimum atomic E-state index is -1.72. The first-order valence-electron chi connectivity index (χ1n) is 29.5. The van der Waals surface area contributed by atoms with Crippen molar-refractivity contribution in [3.05, 3.63) is 72.9 Å². The number of hydrogen-bond donors (Lipinski definition) is 7. The fourth-order valence-corrected chi connectivity index (χ4v) is 8.95. The zero-order valence-corrected chi connectivity index (χ0v) is 46.5. The molecule has 2 rings (SSSR count). The Balaban J connectivity index is 1.70. The highest BCUT2D eigenvalue weighted by Gasteiger charge is 2.47. The molecule has 14 heteroatoms. The maximum atomic E-state index is 13.1. The van der Waals surface area contributed by atoms with Gasteiger partial charge < -0.3 is 64.2 Å². The van der Waals surface area contributed by atoms with E-state index in [9.17, 15) is 40.5 Å². The number of unbranched alkanes of at least 4 members (excludes halogenated alkanes) is 21. The van der Waals surface area contributed by atoms with E-state index in [1.807, 2.05) is 0 Å². The summed E-state index contributed by atoms with van der Waals surface area (Å²) in [6.45, 7) is 3.49. The third-order valence-corrected chi connectivity index (χ3v) is 13.7. The fourth-order valence-electron chi connectivity index (χ4n) is 8.95. The van der Waals surface area contributed by atoms with Crippen LogP contribution in [0.3, 0.4) is 0 Å². The Hall–Kier alpha value is -2.57. The molecule has 0 amide bonds. The third kappa shape index (κ3) is 34.1. The number of hydrogen-bond acceptors (Lipinski definition) is 14. The van der Waals surface area contributed by atoms with Crippen LogP contribution in [0.2, 0.25) is 0 Å². The standard InChI is InChI=1S/C61H106O14/c1-3-5-7-9-11-13-15-17-19-21-22-23-24-25-26-27-28-29-30-32-34-36-38-40-42-44-53(63)73-50(47-70-45-43-41-39-37-35-33-31-20-18-16-14-12-10-8-6-4-2)48-71-60-59(69)57(67)55(65)52(75-60)49-72-61-58(68)56(66)54(64)51(46-62)74-61/h6,8,12,14-15,17-18,20-22,33,35,50-52,54-62,64-69H,3-5,7,9-11,13,16,19,23-32,34,36-49H2,1-2H3/b8-6-,14-12-,17-15-,20-18-,22-21-,35-33-. The van der Waals surface area contributed by atoms with E-state index in [0.717, 1.165) is 77.0 Å². The van der Waals surface area contributed by atoms with E-state index in [-0.39, 0.29) is 25.6 Å². The summed E-state index contributed by atoms with van der Waals surface area (Å²) in [5.41, 5.74) is 0. The second kappa shape index (κ2) is 47.4. The second-order valence-corrected chi connectivity index (χ2v) is 20.4. The van der Waals surface area contributed by atoms with E-state index in [4.69, 9.17) is 28.4 Å². The Morgan fingerprint density at radius 1 is 0.453 bits per heavy atom. The Morgan fingerprint density at radius 3 is 1.36 bits per heavy atom. The second-order valence-electron chi connectivity index (χ2n) is 20.4. The average molecular weight is 1060 g/mol. The zero-order valence-electron chi connectivity index (χ0n) is 46.5. The molecular weight excluding hydrogens is 957 g/mol. The molecule has 0 radical (unpaired) electrons. The van der Waals surface area contributed by atoms with Gasteiger partial charge in [-0.15, -0.1) is 0 Å². The quantitative estimate of drug-likeness (QED) is 0.0172. The van der Waals surface area contributed by atoms with Crippen molar-refractivity contribution in [2.45, 2.75) is 274 Å². The van der Waals surface area contributed by atoms with E-state index in [0.29, 0.717) is 13.0 Å². The summed E-state index contributed by atoms with van der Waals surface area (Å²) in [5.74, 6) is -0.389. The van der Waals surface area contributed by atoms with Crippen LogP contribution in [-0.2, 0) is 33.2 Å². The number of aliphatic hydroxyl groups is 7.